The number of hydrogen-bond donors (Lipinski definition) is 1. The number of rotatable bonds is 4. The van der Waals surface area contributed by atoms with Gasteiger partial charge in [-0.1, -0.05) is 13.8 Å². The molecule has 0 unspecified atom stereocenters. The lowest BCUT2D eigenvalue weighted by Gasteiger charge is -2.12. The Kier molecular flexibility index (Phi) is 3.79. The van der Waals surface area contributed by atoms with Crippen molar-refractivity contribution in [2.45, 2.75) is 26.7 Å². The molecule has 0 saturated heterocycles. The Hall–Kier alpha value is -1.97. The number of nitrogens with zero attached hydrogens (tertiary/aromatic N) is 1. The maximum atomic E-state index is 5.52. The van der Waals surface area contributed by atoms with E-state index >= 15 is 0 Å². The van der Waals surface area contributed by atoms with Crippen LogP contribution in [0.3, 0.4) is 0 Å². The van der Waals surface area contributed by atoms with Crippen LogP contribution >= 0.6 is 0 Å². The van der Waals surface area contributed by atoms with Gasteiger partial charge in [-0.2, -0.15) is 4.98 Å². The summed E-state index contributed by atoms with van der Waals surface area (Å²) < 4.78 is 10.9. The molecule has 2 rings (SSSR count). The third kappa shape index (κ3) is 2.57. The van der Waals surface area contributed by atoms with Gasteiger partial charge in [0.2, 0.25) is 0 Å². The fraction of sp³-hybridized carbons (Fsp3) is 0.400. The predicted molar refractivity (Wildman–Crippen MR) is 76.9 cm³/mol. The molecule has 102 valence electrons. The third-order valence-corrected chi connectivity index (χ3v) is 3.14. The van der Waals surface area contributed by atoms with Crippen molar-refractivity contribution in [3.63, 3.8) is 0 Å². The summed E-state index contributed by atoms with van der Waals surface area (Å²) in [5.74, 6) is 2.11. The van der Waals surface area contributed by atoms with E-state index in [9.17, 15) is 0 Å². The number of hydrogen-bond acceptors (Lipinski definition) is 4. The molecule has 0 bridgehead atoms. The first-order chi connectivity index (χ1) is 9.06. The lowest BCUT2D eigenvalue weighted by atomic mass is 9.98. The summed E-state index contributed by atoms with van der Waals surface area (Å²) in [6.45, 7) is 6.22. The average Bonchev–Trinajstić information content (AvgIpc) is 2.79. The van der Waals surface area contributed by atoms with Crippen molar-refractivity contribution in [1.82, 2.24) is 4.98 Å². The molecule has 4 heteroatoms. The summed E-state index contributed by atoms with van der Waals surface area (Å²) in [6, 6.07) is 6.65. The minimum atomic E-state index is 0.394. The number of aromatic nitrogens is 1. The Bertz CT molecular complexity index is 574. The highest BCUT2D eigenvalue weighted by Crippen LogP contribution is 2.33. The molecule has 0 aliphatic heterocycles. The number of aryl methyl sites for hydroxylation is 1. The minimum Gasteiger partial charge on any atom is -0.496 e. The van der Waals surface area contributed by atoms with Gasteiger partial charge in [0.25, 0.3) is 6.01 Å². The van der Waals surface area contributed by atoms with Crippen molar-refractivity contribution in [2.24, 2.45) is 0 Å². The first kappa shape index (κ1) is 13.5. The molecule has 0 saturated carbocycles. The number of methoxy groups -OCH3 is 1. The standard InChI is InChI=1S/C15H20N2O2/c1-9(2)12-8-11(6-7-13(12)18-5)14-10(3)19-15(16-4)17-14/h6-9H,1-5H3,(H,16,17). The summed E-state index contributed by atoms with van der Waals surface area (Å²) in [5, 5.41) is 2.92. The Morgan fingerprint density at radius 1 is 1.32 bits per heavy atom. The maximum absolute atomic E-state index is 5.52. The monoisotopic (exact) mass is 260 g/mol. The van der Waals surface area contributed by atoms with E-state index in [4.69, 9.17) is 9.15 Å². The molecule has 4 nitrogen and oxygen atoms in total. The van der Waals surface area contributed by atoms with Crippen LogP contribution in [0.25, 0.3) is 11.3 Å². The largest absolute Gasteiger partial charge is 0.496 e. The molecule has 1 heterocycles. The first-order valence-corrected chi connectivity index (χ1v) is 6.40. The van der Waals surface area contributed by atoms with Gasteiger partial charge in [0, 0.05) is 12.6 Å². The molecule has 19 heavy (non-hydrogen) atoms. The van der Waals surface area contributed by atoms with Gasteiger partial charge >= 0.3 is 0 Å². The van der Waals surface area contributed by atoms with Gasteiger partial charge in [-0.05, 0) is 36.6 Å². The average molecular weight is 260 g/mol. The van der Waals surface area contributed by atoms with E-state index in [0.29, 0.717) is 11.9 Å². The topological polar surface area (TPSA) is 47.3 Å². The predicted octanol–water partition coefficient (Wildman–Crippen LogP) is 3.82. The van der Waals surface area contributed by atoms with Crippen molar-refractivity contribution in [1.29, 1.82) is 0 Å². The summed E-state index contributed by atoms with van der Waals surface area (Å²) in [5.41, 5.74) is 3.09. The lowest BCUT2D eigenvalue weighted by molar-refractivity contribution is 0.407. The molecule has 0 aliphatic rings. The van der Waals surface area contributed by atoms with E-state index in [-0.39, 0.29) is 0 Å². The molecular formula is C15H20N2O2. The maximum Gasteiger partial charge on any atom is 0.295 e. The van der Waals surface area contributed by atoms with Crippen LogP contribution in [0.1, 0.15) is 31.1 Å². The molecule has 0 fully saturated rings. The van der Waals surface area contributed by atoms with Gasteiger partial charge in [0.15, 0.2) is 0 Å². The lowest BCUT2D eigenvalue weighted by Crippen LogP contribution is -1.95. The van der Waals surface area contributed by atoms with Crippen molar-refractivity contribution in [3.05, 3.63) is 29.5 Å². The fourth-order valence-electron chi connectivity index (χ4n) is 2.10. The quantitative estimate of drug-likeness (QED) is 0.907. The van der Waals surface area contributed by atoms with Crippen LogP contribution in [-0.4, -0.2) is 19.1 Å². The van der Waals surface area contributed by atoms with Gasteiger partial charge < -0.3 is 14.5 Å². The summed E-state index contributed by atoms with van der Waals surface area (Å²) in [4.78, 5) is 4.44. The van der Waals surface area contributed by atoms with E-state index in [2.05, 4.69) is 30.2 Å². The van der Waals surface area contributed by atoms with Crippen LogP contribution in [0.4, 0.5) is 6.01 Å². The number of oxazole rings is 1. The fourth-order valence-corrected chi connectivity index (χ4v) is 2.10. The third-order valence-electron chi connectivity index (χ3n) is 3.14. The molecule has 1 aromatic heterocycles. The SMILES string of the molecule is CNc1nc(-c2ccc(OC)c(C(C)C)c2)c(C)o1. The zero-order valence-corrected chi connectivity index (χ0v) is 12.1. The Balaban J connectivity index is 2.50. The molecule has 2 aromatic rings. The Morgan fingerprint density at radius 2 is 2.05 bits per heavy atom. The Labute approximate surface area is 113 Å². The van der Waals surface area contributed by atoms with E-state index in [1.165, 1.54) is 5.56 Å². The van der Waals surface area contributed by atoms with Gasteiger partial charge in [-0.15, -0.1) is 0 Å². The van der Waals surface area contributed by atoms with Crippen LogP contribution < -0.4 is 10.1 Å². The summed E-state index contributed by atoms with van der Waals surface area (Å²) in [7, 11) is 3.49. The van der Waals surface area contributed by atoms with Crippen LogP contribution in [0, 0.1) is 6.92 Å². The molecule has 1 N–H and O–H groups in total. The number of ether oxygens (including phenoxy) is 1. The second-order valence-electron chi connectivity index (χ2n) is 4.79. The van der Waals surface area contributed by atoms with Crippen LogP contribution in [0.15, 0.2) is 22.6 Å². The zero-order valence-electron chi connectivity index (χ0n) is 12.1. The molecule has 0 aliphatic carbocycles. The summed E-state index contributed by atoms with van der Waals surface area (Å²) in [6.07, 6.45) is 0. The van der Waals surface area contributed by atoms with Gasteiger partial charge in [-0.25, -0.2) is 0 Å². The van der Waals surface area contributed by atoms with Crippen LogP contribution in [0.5, 0.6) is 5.75 Å². The number of anilines is 1. The van der Waals surface area contributed by atoms with Crippen molar-refractivity contribution >= 4 is 6.01 Å². The normalized spacial score (nSPS) is 10.8. The van der Waals surface area contributed by atoms with Gasteiger partial charge in [0.05, 0.1) is 7.11 Å². The highest BCUT2D eigenvalue weighted by molar-refractivity contribution is 5.65. The highest BCUT2D eigenvalue weighted by Gasteiger charge is 2.14. The van der Waals surface area contributed by atoms with Crippen molar-refractivity contribution in [3.8, 4) is 17.0 Å². The minimum absolute atomic E-state index is 0.394. The first-order valence-electron chi connectivity index (χ1n) is 6.40. The molecule has 0 spiro atoms. The number of benzene rings is 1. The smallest absolute Gasteiger partial charge is 0.295 e. The van der Waals surface area contributed by atoms with Crippen LogP contribution in [0.2, 0.25) is 0 Å². The van der Waals surface area contributed by atoms with E-state index < -0.39 is 0 Å². The molecule has 0 atom stereocenters. The van der Waals surface area contributed by atoms with Crippen molar-refractivity contribution < 1.29 is 9.15 Å². The second kappa shape index (κ2) is 5.34. The highest BCUT2D eigenvalue weighted by atomic mass is 16.5. The van der Waals surface area contributed by atoms with Gasteiger partial charge in [-0.3, -0.25) is 0 Å². The van der Waals surface area contributed by atoms with E-state index in [1.807, 2.05) is 19.1 Å². The van der Waals surface area contributed by atoms with Crippen molar-refractivity contribution in [2.75, 3.05) is 19.5 Å². The molecular weight excluding hydrogens is 240 g/mol. The van der Waals surface area contributed by atoms with Gasteiger partial charge in [0.1, 0.15) is 17.2 Å². The Morgan fingerprint density at radius 3 is 2.58 bits per heavy atom. The van der Waals surface area contributed by atoms with Crippen LogP contribution in [-0.2, 0) is 0 Å². The molecule has 0 amide bonds. The van der Waals surface area contributed by atoms with E-state index in [0.717, 1.165) is 22.8 Å². The van der Waals surface area contributed by atoms with E-state index in [1.54, 1.807) is 14.2 Å². The second-order valence-corrected chi connectivity index (χ2v) is 4.79. The zero-order chi connectivity index (χ0) is 14.0. The molecule has 1 aromatic carbocycles. The summed E-state index contributed by atoms with van der Waals surface area (Å²) >= 11 is 0. The number of nitrogens with one attached hydrogen (secondary N) is 1. The molecule has 0 radical (unpaired) electrons.